The molecule has 1 unspecified atom stereocenters. The molecular weight excluding hydrogens is 376 g/mol. The number of aliphatic hydroxyl groups is 1. The molecule has 4 amide bonds. The van der Waals surface area contributed by atoms with Crippen LogP contribution in [0.2, 0.25) is 0 Å². The topological polar surface area (TPSA) is 119 Å². The lowest BCUT2D eigenvalue weighted by molar-refractivity contribution is -0.141. The largest absolute Gasteiger partial charge is 0.395 e. The molecule has 29 heavy (non-hydrogen) atoms. The zero-order valence-corrected chi connectivity index (χ0v) is 17.2. The van der Waals surface area contributed by atoms with E-state index in [2.05, 4.69) is 10.6 Å². The van der Waals surface area contributed by atoms with Gasteiger partial charge in [-0.05, 0) is 39.0 Å². The lowest BCUT2D eigenvalue weighted by Gasteiger charge is -2.31. The van der Waals surface area contributed by atoms with Crippen LogP contribution in [0.1, 0.15) is 39.0 Å². The summed E-state index contributed by atoms with van der Waals surface area (Å²) >= 11 is 0. The van der Waals surface area contributed by atoms with Gasteiger partial charge >= 0.3 is 0 Å². The normalized spacial score (nSPS) is 26.6. The van der Waals surface area contributed by atoms with E-state index < -0.39 is 0 Å². The molecule has 0 bridgehead atoms. The van der Waals surface area contributed by atoms with Gasteiger partial charge in [0.05, 0.1) is 31.0 Å². The number of nitrogens with zero attached hydrogens (tertiary/aromatic N) is 2. The smallest absolute Gasteiger partial charge is 0.242 e. The fraction of sp³-hybridized carbons (Fsp3) is 0.800. The van der Waals surface area contributed by atoms with Gasteiger partial charge in [0.2, 0.25) is 23.6 Å². The third kappa shape index (κ3) is 5.26. The Morgan fingerprint density at radius 3 is 2.48 bits per heavy atom. The third-order valence-corrected chi connectivity index (χ3v) is 6.12. The van der Waals surface area contributed by atoms with E-state index in [1.807, 2.05) is 6.92 Å². The predicted octanol–water partition coefficient (Wildman–Crippen LogP) is -0.905. The van der Waals surface area contributed by atoms with Crippen molar-refractivity contribution in [3.05, 3.63) is 0 Å². The second kappa shape index (κ2) is 9.11. The van der Waals surface area contributed by atoms with Gasteiger partial charge < -0.3 is 25.5 Å². The van der Waals surface area contributed by atoms with E-state index >= 15 is 0 Å². The molecule has 4 atom stereocenters. The van der Waals surface area contributed by atoms with Crippen LogP contribution in [0, 0.1) is 17.8 Å². The van der Waals surface area contributed by atoms with Crippen LogP contribution in [0.3, 0.4) is 0 Å². The van der Waals surface area contributed by atoms with E-state index in [1.54, 1.807) is 11.9 Å². The summed E-state index contributed by atoms with van der Waals surface area (Å²) in [6, 6.07) is -0.323. The number of carbonyl (C=O) groups is 4. The molecule has 0 spiro atoms. The van der Waals surface area contributed by atoms with Crippen LogP contribution in [0.4, 0.5) is 0 Å². The maximum Gasteiger partial charge on any atom is 0.242 e. The molecule has 3 fully saturated rings. The van der Waals surface area contributed by atoms with Gasteiger partial charge in [-0.3, -0.25) is 19.2 Å². The maximum atomic E-state index is 12.7. The van der Waals surface area contributed by atoms with Crippen LogP contribution in [0.25, 0.3) is 0 Å². The standard InChI is InChI=1S/C20H32N4O5/c1-12(22-19(28)15-10-14(15)18(27)21-7-9-25)16-4-3-8-24(16)17(26)11-23(2)20(29)13-5-6-13/h12-16,25H,3-11H2,1-2H3,(H,21,27)(H,22,28)/t12?,14-,15+,16-/m0/s1. The molecule has 162 valence electrons. The Balaban J connectivity index is 1.47. The van der Waals surface area contributed by atoms with Crippen molar-refractivity contribution in [2.45, 2.75) is 51.1 Å². The number of rotatable bonds is 9. The Hall–Kier alpha value is -2.16. The molecule has 9 heteroatoms. The monoisotopic (exact) mass is 408 g/mol. The van der Waals surface area contributed by atoms with E-state index in [-0.39, 0.29) is 73.2 Å². The van der Waals surface area contributed by atoms with Crippen molar-refractivity contribution in [2.24, 2.45) is 17.8 Å². The van der Waals surface area contributed by atoms with Gasteiger partial charge in [0, 0.05) is 32.1 Å². The minimum Gasteiger partial charge on any atom is -0.395 e. The zero-order chi connectivity index (χ0) is 21.1. The Labute approximate surface area is 171 Å². The first-order valence-corrected chi connectivity index (χ1v) is 10.6. The van der Waals surface area contributed by atoms with Crippen molar-refractivity contribution in [2.75, 3.05) is 33.3 Å². The van der Waals surface area contributed by atoms with Crippen LogP contribution in [-0.4, -0.2) is 83.9 Å². The van der Waals surface area contributed by atoms with Crippen molar-refractivity contribution >= 4 is 23.6 Å². The molecule has 0 aromatic carbocycles. The van der Waals surface area contributed by atoms with Crippen molar-refractivity contribution in [3.63, 3.8) is 0 Å². The molecule has 1 saturated heterocycles. The molecule has 9 nitrogen and oxygen atoms in total. The van der Waals surface area contributed by atoms with Gasteiger partial charge in [-0.25, -0.2) is 0 Å². The molecule has 2 aliphatic carbocycles. The number of carbonyl (C=O) groups excluding carboxylic acids is 4. The summed E-state index contributed by atoms with van der Waals surface area (Å²) in [7, 11) is 1.67. The molecule has 0 aromatic rings. The molecular formula is C20H32N4O5. The highest BCUT2D eigenvalue weighted by Gasteiger charge is 2.48. The lowest BCUT2D eigenvalue weighted by Crippen LogP contribution is -2.52. The van der Waals surface area contributed by atoms with E-state index in [9.17, 15) is 19.2 Å². The summed E-state index contributed by atoms with van der Waals surface area (Å²) in [5.74, 6) is -1.01. The highest BCUT2D eigenvalue weighted by Crippen LogP contribution is 2.39. The molecule has 1 aliphatic heterocycles. The average Bonchev–Trinajstić information content (AvgIpc) is 3.61. The van der Waals surface area contributed by atoms with E-state index in [1.165, 1.54) is 4.90 Å². The Bertz CT molecular complexity index is 665. The second-order valence-electron chi connectivity index (χ2n) is 8.53. The van der Waals surface area contributed by atoms with Crippen LogP contribution in [-0.2, 0) is 19.2 Å². The second-order valence-corrected chi connectivity index (χ2v) is 8.53. The number of nitrogens with one attached hydrogen (secondary N) is 2. The number of hydrogen-bond acceptors (Lipinski definition) is 5. The summed E-state index contributed by atoms with van der Waals surface area (Å²) in [4.78, 5) is 52.5. The summed E-state index contributed by atoms with van der Waals surface area (Å²) in [5, 5.41) is 14.3. The summed E-state index contributed by atoms with van der Waals surface area (Å²) in [6.07, 6.45) is 4.00. The molecule has 0 radical (unpaired) electrons. The third-order valence-electron chi connectivity index (χ3n) is 6.12. The maximum absolute atomic E-state index is 12.7. The van der Waals surface area contributed by atoms with Crippen molar-refractivity contribution in [1.29, 1.82) is 0 Å². The first kappa shape index (κ1) is 21.5. The van der Waals surface area contributed by atoms with Gasteiger partial charge in [-0.2, -0.15) is 0 Å². The number of aliphatic hydroxyl groups excluding tert-OH is 1. The summed E-state index contributed by atoms with van der Waals surface area (Å²) in [6.45, 7) is 2.65. The Morgan fingerprint density at radius 1 is 1.14 bits per heavy atom. The number of likely N-dealkylation sites (N-methyl/N-ethyl adjacent to an activating group) is 1. The minimum atomic E-state index is -0.344. The predicted molar refractivity (Wildman–Crippen MR) is 104 cm³/mol. The fourth-order valence-electron chi connectivity index (χ4n) is 4.15. The van der Waals surface area contributed by atoms with Gasteiger partial charge in [0.25, 0.3) is 0 Å². The molecule has 3 rings (SSSR count). The van der Waals surface area contributed by atoms with E-state index in [0.717, 1.165) is 25.7 Å². The van der Waals surface area contributed by atoms with Gasteiger partial charge in [0.15, 0.2) is 0 Å². The lowest BCUT2D eigenvalue weighted by atomic mass is 10.1. The van der Waals surface area contributed by atoms with Crippen LogP contribution in [0.5, 0.6) is 0 Å². The van der Waals surface area contributed by atoms with Crippen molar-refractivity contribution < 1.29 is 24.3 Å². The zero-order valence-electron chi connectivity index (χ0n) is 17.2. The Kier molecular flexibility index (Phi) is 6.77. The van der Waals surface area contributed by atoms with Gasteiger partial charge in [0.1, 0.15) is 0 Å². The summed E-state index contributed by atoms with van der Waals surface area (Å²) in [5.41, 5.74) is 0. The fourth-order valence-corrected chi connectivity index (χ4v) is 4.15. The van der Waals surface area contributed by atoms with Gasteiger partial charge in [-0.15, -0.1) is 0 Å². The molecule has 3 aliphatic rings. The number of hydrogen-bond donors (Lipinski definition) is 3. The van der Waals surface area contributed by atoms with Crippen LogP contribution >= 0.6 is 0 Å². The SMILES string of the molecule is CC(NC(=O)[C@@H]1C[C@@H]1C(=O)NCCO)[C@@H]1CCCN1C(=O)CN(C)C(=O)C1CC1. The van der Waals surface area contributed by atoms with Crippen molar-refractivity contribution in [1.82, 2.24) is 20.4 Å². The molecule has 2 saturated carbocycles. The highest BCUT2D eigenvalue weighted by molar-refractivity contribution is 5.92. The summed E-state index contributed by atoms with van der Waals surface area (Å²) < 4.78 is 0. The number of likely N-dealkylation sites (tertiary alicyclic amines) is 1. The molecule has 0 aromatic heterocycles. The molecule has 1 heterocycles. The first-order valence-electron chi connectivity index (χ1n) is 10.6. The average molecular weight is 408 g/mol. The van der Waals surface area contributed by atoms with E-state index in [4.69, 9.17) is 5.11 Å². The Morgan fingerprint density at radius 2 is 1.83 bits per heavy atom. The quantitative estimate of drug-likeness (QED) is 0.457. The highest BCUT2D eigenvalue weighted by atomic mass is 16.3. The van der Waals surface area contributed by atoms with E-state index in [0.29, 0.717) is 13.0 Å². The van der Waals surface area contributed by atoms with Crippen LogP contribution in [0.15, 0.2) is 0 Å². The minimum absolute atomic E-state index is 0.0368. The van der Waals surface area contributed by atoms with Crippen LogP contribution < -0.4 is 10.6 Å². The first-order chi connectivity index (χ1) is 13.8. The van der Waals surface area contributed by atoms with Crippen molar-refractivity contribution in [3.8, 4) is 0 Å². The molecule has 3 N–H and O–H groups in total. The number of amides is 4. The van der Waals surface area contributed by atoms with Gasteiger partial charge in [-0.1, -0.05) is 0 Å².